The van der Waals surface area contributed by atoms with Gasteiger partial charge in [0.15, 0.2) is 0 Å². The van der Waals surface area contributed by atoms with E-state index in [4.69, 9.17) is 4.74 Å². The van der Waals surface area contributed by atoms with Crippen molar-refractivity contribution in [1.82, 2.24) is 9.88 Å². The van der Waals surface area contributed by atoms with E-state index < -0.39 is 24.3 Å². The van der Waals surface area contributed by atoms with Crippen molar-refractivity contribution < 1.29 is 27.8 Å². The van der Waals surface area contributed by atoms with Gasteiger partial charge in [-0.25, -0.2) is 9.78 Å². The number of carbonyl (C=O) groups excluding carboxylic acids is 1. The lowest BCUT2D eigenvalue weighted by Gasteiger charge is -2.43. The zero-order valence-corrected chi connectivity index (χ0v) is 16.5. The number of hydrogen-bond donors (Lipinski definition) is 1. The molecule has 1 N–H and O–H groups in total. The standard InChI is InChI=1S/C19H26F3N3O3/c1-11-9-24(17(27)28-18(2,3)4)10-13-7-12-5-6-14(23-16(12)25(11)13)15(26)8-19(20,21)22/h5-6,11,13,15,26H,7-10H2,1-4H3/t11?,13?,15-/m1/s1. The molecule has 0 spiro atoms. The summed E-state index contributed by atoms with van der Waals surface area (Å²) in [6.07, 6.45) is -7.22. The summed E-state index contributed by atoms with van der Waals surface area (Å²) in [5.74, 6) is 0.597. The number of carbonyl (C=O) groups is 1. The molecule has 1 aromatic heterocycles. The van der Waals surface area contributed by atoms with E-state index >= 15 is 0 Å². The number of amides is 1. The molecule has 3 heterocycles. The van der Waals surface area contributed by atoms with Crippen molar-refractivity contribution >= 4 is 11.9 Å². The van der Waals surface area contributed by atoms with Crippen LogP contribution in [0.5, 0.6) is 0 Å². The average molecular weight is 401 g/mol. The van der Waals surface area contributed by atoms with Crippen LogP contribution in [0, 0.1) is 0 Å². The first-order valence-electron chi connectivity index (χ1n) is 9.35. The molecule has 1 amide bonds. The van der Waals surface area contributed by atoms with Crippen molar-refractivity contribution in [2.45, 2.75) is 70.5 Å². The van der Waals surface area contributed by atoms with Crippen molar-refractivity contribution in [2.24, 2.45) is 0 Å². The summed E-state index contributed by atoms with van der Waals surface area (Å²) in [5, 5.41) is 9.90. The lowest BCUT2D eigenvalue weighted by atomic mass is 10.1. The first-order chi connectivity index (χ1) is 12.8. The van der Waals surface area contributed by atoms with Gasteiger partial charge in [-0.1, -0.05) is 6.07 Å². The lowest BCUT2D eigenvalue weighted by Crippen LogP contribution is -2.58. The molecule has 0 aromatic carbocycles. The summed E-state index contributed by atoms with van der Waals surface area (Å²) in [6, 6.07) is 3.08. The molecule has 0 radical (unpaired) electrons. The Labute approximate surface area is 162 Å². The fourth-order valence-electron chi connectivity index (χ4n) is 3.84. The molecule has 156 valence electrons. The van der Waals surface area contributed by atoms with Gasteiger partial charge in [-0.05, 0) is 45.7 Å². The molecule has 1 aromatic rings. The van der Waals surface area contributed by atoms with Gasteiger partial charge < -0.3 is 19.6 Å². The van der Waals surface area contributed by atoms with Crippen LogP contribution >= 0.6 is 0 Å². The highest BCUT2D eigenvalue weighted by molar-refractivity contribution is 5.69. The van der Waals surface area contributed by atoms with Crippen molar-refractivity contribution in [3.05, 3.63) is 23.4 Å². The third kappa shape index (κ3) is 4.51. The van der Waals surface area contributed by atoms with Gasteiger partial charge in [0.1, 0.15) is 17.5 Å². The molecule has 0 saturated carbocycles. The van der Waals surface area contributed by atoms with E-state index in [-0.39, 0.29) is 23.9 Å². The summed E-state index contributed by atoms with van der Waals surface area (Å²) in [5.41, 5.74) is 0.339. The number of anilines is 1. The maximum Gasteiger partial charge on any atom is 0.410 e. The third-order valence-corrected chi connectivity index (χ3v) is 4.88. The Hall–Kier alpha value is -2.03. The Kier molecular flexibility index (Phi) is 5.24. The number of alkyl halides is 3. The normalized spacial score (nSPS) is 23.3. The van der Waals surface area contributed by atoms with E-state index in [2.05, 4.69) is 4.98 Å². The Morgan fingerprint density at radius 3 is 2.61 bits per heavy atom. The quantitative estimate of drug-likeness (QED) is 0.823. The van der Waals surface area contributed by atoms with Crippen LogP contribution in [0.3, 0.4) is 0 Å². The molecule has 2 unspecified atom stereocenters. The van der Waals surface area contributed by atoms with Gasteiger partial charge in [0, 0.05) is 19.1 Å². The molecule has 0 bridgehead atoms. The molecule has 1 fully saturated rings. The number of aliphatic hydroxyl groups excluding tert-OH is 1. The summed E-state index contributed by atoms with van der Waals surface area (Å²) in [6.45, 7) is 8.27. The van der Waals surface area contributed by atoms with E-state index in [1.54, 1.807) is 11.0 Å². The first kappa shape index (κ1) is 20.7. The number of fused-ring (bicyclic) bond motifs is 3. The SMILES string of the molecule is CC1CN(C(=O)OC(C)(C)C)CC2Cc3ccc([C@H](O)CC(F)(F)F)nc3N12. The second kappa shape index (κ2) is 7.09. The Morgan fingerprint density at radius 2 is 2.00 bits per heavy atom. The molecule has 2 aliphatic heterocycles. The molecular weight excluding hydrogens is 375 g/mol. The number of aromatic nitrogens is 1. The number of pyridine rings is 1. The molecule has 2 aliphatic rings. The second-order valence-electron chi connectivity index (χ2n) is 8.55. The fourth-order valence-corrected chi connectivity index (χ4v) is 3.84. The topological polar surface area (TPSA) is 65.9 Å². The summed E-state index contributed by atoms with van der Waals surface area (Å²) in [4.78, 5) is 20.5. The van der Waals surface area contributed by atoms with E-state index in [9.17, 15) is 23.1 Å². The van der Waals surface area contributed by atoms with Crippen LogP contribution in [-0.4, -0.2) is 58.0 Å². The second-order valence-corrected chi connectivity index (χ2v) is 8.55. The van der Waals surface area contributed by atoms with Gasteiger partial charge in [0.2, 0.25) is 0 Å². The van der Waals surface area contributed by atoms with Crippen LogP contribution in [0.2, 0.25) is 0 Å². The molecule has 9 heteroatoms. The number of ether oxygens (including phenoxy) is 1. The highest BCUT2D eigenvalue weighted by Crippen LogP contribution is 2.37. The van der Waals surface area contributed by atoms with E-state index in [0.29, 0.717) is 25.3 Å². The van der Waals surface area contributed by atoms with Gasteiger partial charge in [-0.15, -0.1) is 0 Å². The van der Waals surface area contributed by atoms with Gasteiger partial charge in [-0.2, -0.15) is 13.2 Å². The van der Waals surface area contributed by atoms with Crippen LogP contribution in [0.25, 0.3) is 0 Å². The molecule has 0 aliphatic carbocycles. The fraction of sp³-hybridized carbons (Fsp3) is 0.684. The maximum atomic E-state index is 12.6. The Morgan fingerprint density at radius 1 is 1.32 bits per heavy atom. The molecule has 3 rings (SSSR count). The summed E-state index contributed by atoms with van der Waals surface area (Å²) in [7, 11) is 0. The van der Waals surface area contributed by atoms with Crippen molar-refractivity contribution in [3.8, 4) is 0 Å². The number of halogens is 3. The largest absolute Gasteiger partial charge is 0.444 e. The summed E-state index contributed by atoms with van der Waals surface area (Å²) < 4.78 is 43.2. The maximum absolute atomic E-state index is 12.6. The highest BCUT2D eigenvalue weighted by atomic mass is 19.4. The van der Waals surface area contributed by atoms with Crippen molar-refractivity contribution in [3.63, 3.8) is 0 Å². The van der Waals surface area contributed by atoms with Gasteiger partial charge in [0.05, 0.1) is 18.2 Å². The first-order valence-corrected chi connectivity index (χ1v) is 9.35. The smallest absolute Gasteiger partial charge is 0.410 e. The Bertz CT molecular complexity index is 748. The Balaban J connectivity index is 1.77. The van der Waals surface area contributed by atoms with Crippen LogP contribution < -0.4 is 4.90 Å². The molecule has 28 heavy (non-hydrogen) atoms. The van der Waals surface area contributed by atoms with Gasteiger partial charge in [-0.3, -0.25) is 0 Å². The third-order valence-electron chi connectivity index (χ3n) is 4.88. The van der Waals surface area contributed by atoms with Crippen LogP contribution in [0.1, 0.15) is 51.5 Å². The molecule has 6 nitrogen and oxygen atoms in total. The minimum absolute atomic E-state index is 0.0125. The minimum atomic E-state index is -4.46. The predicted molar refractivity (Wildman–Crippen MR) is 97.1 cm³/mol. The minimum Gasteiger partial charge on any atom is -0.444 e. The highest BCUT2D eigenvalue weighted by Gasteiger charge is 2.42. The number of hydrogen-bond acceptors (Lipinski definition) is 5. The predicted octanol–water partition coefficient (Wildman–Crippen LogP) is 3.44. The van der Waals surface area contributed by atoms with Crippen molar-refractivity contribution in [2.75, 3.05) is 18.0 Å². The molecular formula is C19H26F3N3O3. The van der Waals surface area contributed by atoms with E-state index in [0.717, 1.165) is 5.56 Å². The van der Waals surface area contributed by atoms with Gasteiger partial charge in [0.25, 0.3) is 0 Å². The lowest BCUT2D eigenvalue weighted by molar-refractivity contribution is -0.154. The monoisotopic (exact) mass is 401 g/mol. The number of nitrogens with zero attached hydrogens (tertiary/aromatic N) is 3. The van der Waals surface area contributed by atoms with Crippen molar-refractivity contribution in [1.29, 1.82) is 0 Å². The average Bonchev–Trinajstić information content (AvgIpc) is 2.89. The van der Waals surface area contributed by atoms with Gasteiger partial charge >= 0.3 is 12.3 Å². The van der Waals surface area contributed by atoms with Crippen LogP contribution in [0.4, 0.5) is 23.8 Å². The number of aliphatic hydroxyl groups is 1. The molecule has 1 saturated heterocycles. The van der Waals surface area contributed by atoms with E-state index in [1.807, 2.05) is 32.6 Å². The number of rotatable bonds is 2. The zero-order chi connectivity index (χ0) is 20.9. The molecule has 3 atom stereocenters. The number of piperazine rings is 1. The zero-order valence-electron chi connectivity index (χ0n) is 16.5. The van der Waals surface area contributed by atoms with Crippen LogP contribution in [0.15, 0.2) is 12.1 Å². The van der Waals surface area contributed by atoms with E-state index in [1.165, 1.54) is 6.07 Å². The van der Waals surface area contributed by atoms with Crippen LogP contribution in [-0.2, 0) is 11.2 Å². The summed E-state index contributed by atoms with van der Waals surface area (Å²) >= 11 is 0.